The molecule has 0 fully saturated rings. The molecule has 64 valence electrons. The van der Waals surface area contributed by atoms with Gasteiger partial charge in [0.1, 0.15) is 0 Å². The van der Waals surface area contributed by atoms with E-state index in [0.29, 0.717) is 0 Å². The molecule has 0 aromatic heterocycles. The lowest BCUT2D eigenvalue weighted by atomic mass is 10.4. The van der Waals surface area contributed by atoms with Gasteiger partial charge < -0.3 is 5.11 Å². The van der Waals surface area contributed by atoms with E-state index in [1.165, 1.54) is 6.08 Å². The summed E-state index contributed by atoms with van der Waals surface area (Å²) in [5.41, 5.74) is 0. The fourth-order valence-corrected chi connectivity index (χ4v) is 0.506. The third-order valence-corrected chi connectivity index (χ3v) is 0.987. The van der Waals surface area contributed by atoms with Crippen LogP contribution in [0.1, 0.15) is 6.92 Å². The Hall–Kier alpha value is -1.57. The van der Waals surface area contributed by atoms with Gasteiger partial charge in [0.2, 0.25) is 0 Å². The number of carboxylic acid groups (broad SMARTS) is 1. The molecule has 0 atom stereocenters. The highest BCUT2D eigenvalue weighted by atomic mass is 16.4. The maximum atomic E-state index is 9.98. The Labute approximate surface area is 72.2 Å². The lowest BCUT2D eigenvalue weighted by Gasteiger charge is -1.74. The summed E-state index contributed by atoms with van der Waals surface area (Å²) in [4.78, 5) is 9.98. The smallest absolute Gasteiger partial charge is 0.328 e. The predicted molar refractivity (Wildman–Crippen MR) is 49.9 cm³/mol. The van der Waals surface area contributed by atoms with Crippen molar-refractivity contribution >= 4 is 5.97 Å². The topological polar surface area (TPSA) is 37.3 Å². The number of aliphatic carboxylic acids is 1. The monoisotopic (exact) mass is 164 g/mol. The van der Waals surface area contributed by atoms with E-state index in [-0.39, 0.29) is 0 Å². The summed E-state index contributed by atoms with van der Waals surface area (Å²) < 4.78 is 0. The number of carbonyl (C=O) groups is 1. The molecule has 0 aliphatic heterocycles. The van der Waals surface area contributed by atoms with Crippen molar-refractivity contribution in [3.05, 3.63) is 48.6 Å². The molecule has 0 aliphatic carbocycles. The van der Waals surface area contributed by atoms with Gasteiger partial charge in [-0.3, -0.25) is 0 Å². The number of rotatable bonds is 4. The highest BCUT2D eigenvalue weighted by Gasteiger charge is 1.78. The molecule has 0 saturated heterocycles. The van der Waals surface area contributed by atoms with Crippen LogP contribution < -0.4 is 0 Å². The quantitative estimate of drug-likeness (QED) is 0.511. The predicted octanol–water partition coefficient (Wildman–Crippen LogP) is 2.32. The maximum Gasteiger partial charge on any atom is 0.328 e. The first-order chi connectivity index (χ1) is 5.77. The van der Waals surface area contributed by atoms with Crippen LogP contribution >= 0.6 is 0 Å². The van der Waals surface area contributed by atoms with Gasteiger partial charge in [-0.25, -0.2) is 4.79 Å². The molecule has 1 N–H and O–H groups in total. The Morgan fingerprint density at radius 3 is 2.00 bits per heavy atom. The van der Waals surface area contributed by atoms with E-state index in [4.69, 9.17) is 5.11 Å². The molecule has 0 aromatic rings. The molecule has 12 heavy (non-hydrogen) atoms. The summed E-state index contributed by atoms with van der Waals surface area (Å²) in [7, 11) is 0. The molecular weight excluding hydrogens is 152 g/mol. The Bertz CT molecular complexity index is 232. The van der Waals surface area contributed by atoms with Crippen molar-refractivity contribution in [1.82, 2.24) is 0 Å². The summed E-state index contributed by atoms with van der Waals surface area (Å²) in [6.45, 7) is 1.93. The number of hydrogen-bond acceptors (Lipinski definition) is 1. The zero-order chi connectivity index (χ0) is 9.23. The van der Waals surface area contributed by atoms with Crippen molar-refractivity contribution in [2.45, 2.75) is 6.92 Å². The second-order valence-electron chi connectivity index (χ2n) is 1.99. The largest absolute Gasteiger partial charge is 0.478 e. The Morgan fingerprint density at radius 2 is 1.50 bits per heavy atom. The highest BCUT2D eigenvalue weighted by Crippen LogP contribution is 1.81. The molecule has 0 radical (unpaired) electrons. The first-order valence-electron chi connectivity index (χ1n) is 3.63. The van der Waals surface area contributed by atoms with Crippen LogP contribution in [0, 0.1) is 0 Å². The Kier molecular flexibility index (Phi) is 6.55. The average molecular weight is 164 g/mol. The first kappa shape index (κ1) is 10.4. The van der Waals surface area contributed by atoms with Gasteiger partial charge in [-0.05, 0) is 6.92 Å². The molecule has 0 rings (SSSR count). The van der Waals surface area contributed by atoms with Gasteiger partial charge in [0.25, 0.3) is 0 Å². The SMILES string of the molecule is C/C=C/C=C/C=C/C=C/C(=O)O. The molecule has 0 unspecified atom stereocenters. The van der Waals surface area contributed by atoms with Gasteiger partial charge in [0, 0.05) is 6.08 Å². The van der Waals surface area contributed by atoms with Crippen molar-refractivity contribution in [3.63, 3.8) is 0 Å². The third kappa shape index (κ3) is 8.43. The van der Waals surface area contributed by atoms with Crippen molar-refractivity contribution < 1.29 is 9.90 Å². The molecule has 0 amide bonds. The minimum absolute atomic E-state index is 0.933. The van der Waals surface area contributed by atoms with Crippen molar-refractivity contribution in [3.8, 4) is 0 Å². The van der Waals surface area contributed by atoms with E-state index >= 15 is 0 Å². The molecule has 0 spiro atoms. The van der Waals surface area contributed by atoms with Crippen LogP contribution in [0.25, 0.3) is 0 Å². The lowest BCUT2D eigenvalue weighted by Crippen LogP contribution is -1.84. The molecule has 2 nitrogen and oxygen atoms in total. The van der Waals surface area contributed by atoms with Crippen LogP contribution in [0.15, 0.2) is 48.6 Å². The number of hydrogen-bond donors (Lipinski definition) is 1. The van der Waals surface area contributed by atoms with Crippen molar-refractivity contribution in [1.29, 1.82) is 0 Å². The molecule has 0 bridgehead atoms. The maximum absolute atomic E-state index is 9.98. The van der Waals surface area contributed by atoms with E-state index in [2.05, 4.69) is 0 Å². The molecule has 0 saturated carbocycles. The van der Waals surface area contributed by atoms with Crippen LogP contribution in [-0.4, -0.2) is 11.1 Å². The normalized spacial score (nSPS) is 12.8. The van der Waals surface area contributed by atoms with Gasteiger partial charge in [-0.15, -0.1) is 0 Å². The number of carboxylic acids is 1. The molecular formula is C10H12O2. The zero-order valence-electron chi connectivity index (χ0n) is 6.97. The van der Waals surface area contributed by atoms with Gasteiger partial charge >= 0.3 is 5.97 Å². The Morgan fingerprint density at radius 1 is 1.00 bits per heavy atom. The van der Waals surface area contributed by atoms with Crippen LogP contribution in [0.2, 0.25) is 0 Å². The fraction of sp³-hybridized carbons (Fsp3) is 0.100. The summed E-state index contributed by atoms with van der Waals surface area (Å²) in [5, 5.41) is 8.20. The minimum Gasteiger partial charge on any atom is -0.478 e. The van der Waals surface area contributed by atoms with E-state index in [9.17, 15) is 4.79 Å². The molecule has 0 aliphatic rings. The summed E-state index contributed by atoms with van der Waals surface area (Å²) in [6.07, 6.45) is 13.5. The van der Waals surface area contributed by atoms with Crippen LogP contribution in [-0.2, 0) is 4.79 Å². The standard InChI is InChI=1S/C10H12O2/c1-2-3-4-5-6-7-8-9-10(11)12/h2-9H,1H3,(H,11,12)/b3-2+,5-4+,7-6+,9-8+. The lowest BCUT2D eigenvalue weighted by molar-refractivity contribution is -0.131. The van der Waals surface area contributed by atoms with Crippen LogP contribution in [0.5, 0.6) is 0 Å². The van der Waals surface area contributed by atoms with Crippen LogP contribution in [0.3, 0.4) is 0 Å². The number of allylic oxidation sites excluding steroid dienone is 7. The van der Waals surface area contributed by atoms with Crippen molar-refractivity contribution in [2.24, 2.45) is 0 Å². The summed E-state index contributed by atoms with van der Waals surface area (Å²) >= 11 is 0. The Balaban J connectivity index is 3.70. The van der Waals surface area contributed by atoms with Gasteiger partial charge in [0.15, 0.2) is 0 Å². The van der Waals surface area contributed by atoms with Crippen molar-refractivity contribution in [2.75, 3.05) is 0 Å². The van der Waals surface area contributed by atoms with Gasteiger partial charge in [-0.1, -0.05) is 42.5 Å². The highest BCUT2D eigenvalue weighted by molar-refractivity contribution is 5.80. The average Bonchev–Trinajstić information content (AvgIpc) is 2.02. The fourth-order valence-electron chi connectivity index (χ4n) is 0.506. The summed E-state index contributed by atoms with van der Waals surface area (Å²) in [5.74, 6) is -0.933. The van der Waals surface area contributed by atoms with Crippen LogP contribution in [0.4, 0.5) is 0 Å². The molecule has 2 heteroatoms. The van der Waals surface area contributed by atoms with E-state index < -0.39 is 5.97 Å². The van der Waals surface area contributed by atoms with Gasteiger partial charge in [0.05, 0.1) is 0 Å². The van der Waals surface area contributed by atoms with E-state index in [1.807, 2.05) is 31.2 Å². The minimum atomic E-state index is -0.933. The van der Waals surface area contributed by atoms with E-state index in [1.54, 1.807) is 12.2 Å². The second-order valence-corrected chi connectivity index (χ2v) is 1.99. The third-order valence-electron chi connectivity index (χ3n) is 0.987. The molecule has 0 heterocycles. The second kappa shape index (κ2) is 7.54. The zero-order valence-corrected chi connectivity index (χ0v) is 6.97. The van der Waals surface area contributed by atoms with Gasteiger partial charge in [-0.2, -0.15) is 0 Å². The molecule has 0 aromatic carbocycles. The summed E-state index contributed by atoms with van der Waals surface area (Å²) in [6, 6.07) is 0. The van der Waals surface area contributed by atoms with E-state index in [0.717, 1.165) is 6.08 Å². The first-order valence-corrected chi connectivity index (χ1v) is 3.63.